The molecule has 120 valence electrons. The first-order chi connectivity index (χ1) is 11.1. The molecule has 1 aliphatic heterocycles. The van der Waals surface area contributed by atoms with E-state index in [0.29, 0.717) is 29.7 Å². The molecule has 3 nitrogen and oxygen atoms in total. The van der Waals surface area contributed by atoms with Gasteiger partial charge < -0.3 is 10.2 Å². The van der Waals surface area contributed by atoms with E-state index in [0.717, 1.165) is 18.5 Å². The van der Waals surface area contributed by atoms with Gasteiger partial charge in [-0.15, -0.1) is 0 Å². The normalized spacial score (nSPS) is 15.5. The van der Waals surface area contributed by atoms with Crippen molar-refractivity contribution in [2.45, 2.75) is 18.9 Å². The summed E-state index contributed by atoms with van der Waals surface area (Å²) in [6, 6.07) is 13.6. The van der Waals surface area contributed by atoms with E-state index in [1.54, 1.807) is 36.4 Å². The van der Waals surface area contributed by atoms with Gasteiger partial charge in [0.05, 0.1) is 0 Å². The smallest absolute Gasteiger partial charge is 0.253 e. The first-order valence-electron chi connectivity index (χ1n) is 7.69. The standard InChI is InChI=1S/C18H18ClFN2O/c19-14-3-1-13(2-4-14)18(23)22-11-9-17(10-12-22)21-16-7-5-15(20)6-8-16/h1-8,17,21H,9-12H2. The molecule has 0 aliphatic carbocycles. The maximum atomic E-state index is 12.9. The number of amides is 1. The van der Waals surface area contributed by atoms with E-state index in [1.165, 1.54) is 12.1 Å². The third-order valence-electron chi connectivity index (χ3n) is 4.09. The number of rotatable bonds is 3. The summed E-state index contributed by atoms with van der Waals surface area (Å²) in [6.45, 7) is 1.42. The molecular formula is C18H18ClFN2O. The number of nitrogens with zero attached hydrogens (tertiary/aromatic N) is 1. The fourth-order valence-corrected chi connectivity index (χ4v) is 2.91. The molecule has 1 fully saturated rings. The number of anilines is 1. The van der Waals surface area contributed by atoms with Gasteiger partial charge in [0.2, 0.25) is 0 Å². The highest BCUT2D eigenvalue weighted by molar-refractivity contribution is 6.30. The van der Waals surface area contributed by atoms with Crippen LogP contribution < -0.4 is 5.32 Å². The molecule has 0 unspecified atom stereocenters. The highest BCUT2D eigenvalue weighted by Crippen LogP contribution is 2.19. The average Bonchev–Trinajstić information content (AvgIpc) is 2.58. The number of hydrogen-bond donors (Lipinski definition) is 1. The Kier molecular flexibility index (Phi) is 4.82. The van der Waals surface area contributed by atoms with Crippen LogP contribution in [0.4, 0.5) is 10.1 Å². The van der Waals surface area contributed by atoms with Crippen molar-refractivity contribution in [3.63, 3.8) is 0 Å². The molecule has 1 amide bonds. The van der Waals surface area contributed by atoms with E-state index >= 15 is 0 Å². The van der Waals surface area contributed by atoms with Crippen molar-refractivity contribution in [1.82, 2.24) is 4.90 Å². The minimum atomic E-state index is -0.237. The first-order valence-corrected chi connectivity index (χ1v) is 8.06. The molecule has 1 N–H and O–H groups in total. The van der Waals surface area contributed by atoms with Crippen molar-refractivity contribution >= 4 is 23.2 Å². The van der Waals surface area contributed by atoms with Crippen LogP contribution in [-0.2, 0) is 0 Å². The van der Waals surface area contributed by atoms with Gasteiger partial charge in [-0.3, -0.25) is 4.79 Å². The molecule has 23 heavy (non-hydrogen) atoms. The van der Waals surface area contributed by atoms with Crippen LogP contribution in [0.5, 0.6) is 0 Å². The van der Waals surface area contributed by atoms with Gasteiger partial charge in [-0.05, 0) is 61.4 Å². The summed E-state index contributed by atoms with van der Waals surface area (Å²) in [7, 11) is 0. The van der Waals surface area contributed by atoms with Gasteiger partial charge in [0, 0.05) is 35.4 Å². The van der Waals surface area contributed by atoms with Crippen molar-refractivity contribution in [3.05, 3.63) is 64.9 Å². The largest absolute Gasteiger partial charge is 0.382 e. The molecule has 0 atom stereocenters. The van der Waals surface area contributed by atoms with Crippen LogP contribution in [0.2, 0.25) is 5.02 Å². The zero-order valence-electron chi connectivity index (χ0n) is 12.6. The van der Waals surface area contributed by atoms with E-state index < -0.39 is 0 Å². The van der Waals surface area contributed by atoms with Crippen LogP contribution in [0.3, 0.4) is 0 Å². The van der Waals surface area contributed by atoms with Gasteiger partial charge in [0.1, 0.15) is 5.82 Å². The number of carbonyl (C=O) groups is 1. The number of halogens is 2. The zero-order chi connectivity index (χ0) is 16.2. The molecule has 1 saturated heterocycles. The Morgan fingerprint density at radius 2 is 1.65 bits per heavy atom. The summed E-state index contributed by atoms with van der Waals surface area (Å²) in [4.78, 5) is 14.3. The van der Waals surface area contributed by atoms with Crippen molar-refractivity contribution < 1.29 is 9.18 Å². The molecule has 5 heteroatoms. The Labute approximate surface area is 140 Å². The van der Waals surface area contributed by atoms with Crippen molar-refractivity contribution in [2.24, 2.45) is 0 Å². The summed E-state index contributed by atoms with van der Waals surface area (Å²) >= 11 is 5.85. The van der Waals surface area contributed by atoms with E-state index in [-0.39, 0.29) is 11.7 Å². The number of nitrogens with one attached hydrogen (secondary N) is 1. The Bertz CT molecular complexity index is 664. The molecular weight excluding hydrogens is 315 g/mol. The SMILES string of the molecule is O=C(c1ccc(Cl)cc1)N1CCC(Nc2ccc(F)cc2)CC1. The van der Waals surface area contributed by atoms with Crippen molar-refractivity contribution in [2.75, 3.05) is 18.4 Å². The lowest BCUT2D eigenvalue weighted by Crippen LogP contribution is -2.42. The summed E-state index contributed by atoms with van der Waals surface area (Å²) < 4.78 is 12.9. The van der Waals surface area contributed by atoms with Gasteiger partial charge in [0.15, 0.2) is 0 Å². The Morgan fingerprint density at radius 3 is 2.26 bits per heavy atom. The van der Waals surface area contributed by atoms with Crippen LogP contribution >= 0.6 is 11.6 Å². The highest BCUT2D eigenvalue weighted by Gasteiger charge is 2.23. The Hall–Kier alpha value is -2.07. The second kappa shape index (κ2) is 7.01. The van der Waals surface area contributed by atoms with Gasteiger partial charge in [-0.2, -0.15) is 0 Å². The molecule has 0 bridgehead atoms. The van der Waals surface area contributed by atoms with Gasteiger partial charge in [0.25, 0.3) is 5.91 Å². The summed E-state index contributed by atoms with van der Waals surface area (Å²) in [5, 5.41) is 4.02. The van der Waals surface area contributed by atoms with Crippen LogP contribution in [0.15, 0.2) is 48.5 Å². The van der Waals surface area contributed by atoms with Crippen molar-refractivity contribution in [3.8, 4) is 0 Å². The number of likely N-dealkylation sites (tertiary alicyclic amines) is 1. The van der Waals surface area contributed by atoms with E-state index in [4.69, 9.17) is 11.6 Å². The Balaban J connectivity index is 1.54. The molecule has 2 aromatic rings. The maximum absolute atomic E-state index is 12.9. The minimum Gasteiger partial charge on any atom is -0.382 e. The topological polar surface area (TPSA) is 32.3 Å². The predicted molar refractivity (Wildman–Crippen MR) is 90.4 cm³/mol. The second-order valence-electron chi connectivity index (χ2n) is 5.72. The monoisotopic (exact) mass is 332 g/mol. The third kappa shape index (κ3) is 4.02. The maximum Gasteiger partial charge on any atom is 0.253 e. The lowest BCUT2D eigenvalue weighted by molar-refractivity contribution is 0.0718. The number of carbonyl (C=O) groups excluding carboxylic acids is 1. The van der Waals surface area contributed by atoms with Gasteiger partial charge >= 0.3 is 0 Å². The summed E-state index contributed by atoms with van der Waals surface area (Å²) in [6.07, 6.45) is 1.74. The number of piperidine rings is 1. The molecule has 3 rings (SSSR count). The highest BCUT2D eigenvalue weighted by atomic mass is 35.5. The Morgan fingerprint density at radius 1 is 1.04 bits per heavy atom. The molecule has 1 heterocycles. The molecule has 0 radical (unpaired) electrons. The fourth-order valence-electron chi connectivity index (χ4n) is 2.78. The molecule has 0 saturated carbocycles. The molecule has 1 aliphatic rings. The van der Waals surface area contributed by atoms with Crippen LogP contribution in [0.25, 0.3) is 0 Å². The number of benzene rings is 2. The van der Waals surface area contributed by atoms with Gasteiger partial charge in [-0.25, -0.2) is 4.39 Å². The van der Waals surface area contributed by atoms with Crippen molar-refractivity contribution in [1.29, 1.82) is 0 Å². The lowest BCUT2D eigenvalue weighted by atomic mass is 10.0. The lowest BCUT2D eigenvalue weighted by Gasteiger charge is -2.33. The van der Waals surface area contributed by atoms with E-state index in [9.17, 15) is 9.18 Å². The average molecular weight is 333 g/mol. The van der Waals surface area contributed by atoms with Gasteiger partial charge in [-0.1, -0.05) is 11.6 Å². The van der Waals surface area contributed by atoms with E-state index in [1.807, 2.05) is 4.90 Å². The predicted octanol–water partition coefficient (Wildman–Crippen LogP) is 4.20. The molecule has 0 aromatic heterocycles. The van der Waals surface area contributed by atoms with Crippen LogP contribution in [0.1, 0.15) is 23.2 Å². The fraction of sp³-hybridized carbons (Fsp3) is 0.278. The zero-order valence-corrected chi connectivity index (χ0v) is 13.4. The van der Waals surface area contributed by atoms with Crippen LogP contribution in [0, 0.1) is 5.82 Å². The third-order valence-corrected chi connectivity index (χ3v) is 4.34. The second-order valence-corrected chi connectivity index (χ2v) is 6.16. The van der Waals surface area contributed by atoms with E-state index in [2.05, 4.69) is 5.32 Å². The minimum absolute atomic E-state index is 0.0434. The van der Waals surface area contributed by atoms with Crippen LogP contribution in [-0.4, -0.2) is 29.9 Å². The number of hydrogen-bond acceptors (Lipinski definition) is 2. The summed E-state index contributed by atoms with van der Waals surface area (Å²) in [5.74, 6) is -0.194. The quantitative estimate of drug-likeness (QED) is 0.913. The summed E-state index contributed by atoms with van der Waals surface area (Å²) in [5.41, 5.74) is 1.58. The first kappa shape index (κ1) is 15.8. The molecule has 0 spiro atoms. The molecule has 2 aromatic carbocycles.